The molecule has 174 valence electrons. The van der Waals surface area contributed by atoms with Crippen LogP contribution in [0.5, 0.6) is 5.75 Å². The van der Waals surface area contributed by atoms with E-state index in [-0.39, 0.29) is 23.8 Å². The van der Waals surface area contributed by atoms with E-state index in [4.69, 9.17) is 20.8 Å². The maximum absolute atomic E-state index is 12.9. The number of hydrogen-bond donors (Lipinski definition) is 1. The third kappa shape index (κ3) is 5.32. The van der Waals surface area contributed by atoms with Gasteiger partial charge in [0.05, 0.1) is 13.7 Å². The smallest absolute Gasteiger partial charge is 0.373 e. The molecule has 0 atom stereocenters. The van der Waals surface area contributed by atoms with Crippen LogP contribution in [0.3, 0.4) is 0 Å². The molecule has 8 nitrogen and oxygen atoms in total. The molecule has 0 radical (unpaired) electrons. The van der Waals surface area contributed by atoms with Gasteiger partial charge in [-0.3, -0.25) is 9.69 Å². The van der Waals surface area contributed by atoms with Gasteiger partial charge in [0.1, 0.15) is 23.8 Å². The summed E-state index contributed by atoms with van der Waals surface area (Å²) >= 11 is 9.35. The van der Waals surface area contributed by atoms with E-state index in [1.54, 1.807) is 30.3 Å². The van der Waals surface area contributed by atoms with E-state index in [1.807, 2.05) is 18.2 Å². The molecule has 10 heteroatoms. The lowest BCUT2D eigenvalue weighted by atomic mass is 10.1. The molecule has 2 heterocycles. The molecule has 3 aromatic rings. The third-order valence-electron chi connectivity index (χ3n) is 4.90. The van der Waals surface area contributed by atoms with Crippen molar-refractivity contribution in [2.45, 2.75) is 13.2 Å². The van der Waals surface area contributed by atoms with Crippen molar-refractivity contribution in [3.63, 3.8) is 0 Å². The normalized spacial score (nSPS) is 14.4. The number of nitrogens with zero attached hydrogens (tertiary/aromatic N) is 1. The summed E-state index contributed by atoms with van der Waals surface area (Å²) in [5, 5.41) is 3.20. The Morgan fingerprint density at radius 3 is 2.65 bits per heavy atom. The van der Waals surface area contributed by atoms with Gasteiger partial charge in [0, 0.05) is 15.1 Å². The van der Waals surface area contributed by atoms with Gasteiger partial charge in [-0.1, -0.05) is 39.7 Å². The summed E-state index contributed by atoms with van der Waals surface area (Å²) in [6.07, 6.45) is 1.55. The van der Waals surface area contributed by atoms with Crippen LogP contribution in [0.2, 0.25) is 5.02 Å². The van der Waals surface area contributed by atoms with E-state index in [2.05, 4.69) is 26.0 Å². The highest BCUT2D eigenvalue weighted by Crippen LogP contribution is 2.28. The zero-order valence-corrected chi connectivity index (χ0v) is 20.2. The highest BCUT2D eigenvalue weighted by atomic mass is 79.9. The molecule has 4 rings (SSSR count). The monoisotopic (exact) mass is 544 g/mol. The standard InChI is InChI=1S/C24H18BrClN2O6/c1-32-23(30)21-9-7-18(34-21)12-28-22(29)19(27-24(28)31)11-15-10-16(25)4-8-20(15)33-13-14-2-5-17(26)6-3-14/h2-11H,12-13H2,1H3,(H,27,31)/b19-11-. The van der Waals surface area contributed by atoms with Crippen molar-refractivity contribution in [3.8, 4) is 5.75 Å². The average Bonchev–Trinajstić information content (AvgIpc) is 3.39. The van der Waals surface area contributed by atoms with Crippen LogP contribution in [0.1, 0.15) is 27.4 Å². The van der Waals surface area contributed by atoms with Crippen molar-refractivity contribution in [1.29, 1.82) is 0 Å². The van der Waals surface area contributed by atoms with E-state index < -0.39 is 17.9 Å². The zero-order valence-electron chi connectivity index (χ0n) is 17.8. The molecule has 3 amide bonds. The fourth-order valence-corrected chi connectivity index (χ4v) is 3.71. The number of hydrogen-bond acceptors (Lipinski definition) is 6. The van der Waals surface area contributed by atoms with Crippen molar-refractivity contribution in [2.75, 3.05) is 7.11 Å². The van der Waals surface area contributed by atoms with Crippen LogP contribution in [0, 0.1) is 0 Å². The van der Waals surface area contributed by atoms with Gasteiger partial charge in [-0.25, -0.2) is 9.59 Å². The Hall–Kier alpha value is -3.56. The van der Waals surface area contributed by atoms with Crippen LogP contribution in [-0.2, 0) is 22.7 Å². The van der Waals surface area contributed by atoms with E-state index in [0.717, 1.165) is 14.9 Å². The maximum atomic E-state index is 12.9. The quantitative estimate of drug-likeness (QED) is 0.250. The fraction of sp³-hybridized carbons (Fsp3) is 0.125. The molecular formula is C24H18BrClN2O6. The van der Waals surface area contributed by atoms with Crippen LogP contribution in [0.15, 0.2) is 69.2 Å². The first-order chi connectivity index (χ1) is 16.3. The number of esters is 1. The van der Waals surface area contributed by atoms with E-state index in [9.17, 15) is 14.4 Å². The second-order valence-corrected chi connectivity index (χ2v) is 8.59. The summed E-state index contributed by atoms with van der Waals surface area (Å²) in [6.45, 7) is 0.153. The largest absolute Gasteiger partial charge is 0.488 e. The summed E-state index contributed by atoms with van der Waals surface area (Å²) in [6, 6.07) is 15.0. The average molecular weight is 546 g/mol. The van der Waals surface area contributed by atoms with Crippen LogP contribution in [0.4, 0.5) is 4.79 Å². The van der Waals surface area contributed by atoms with E-state index >= 15 is 0 Å². The van der Waals surface area contributed by atoms with Crippen molar-refractivity contribution >= 4 is 51.5 Å². The topological polar surface area (TPSA) is 98.1 Å². The first-order valence-corrected chi connectivity index (χ1v) is 11.2. The summed E-state index contributed by atoms with van der Waals surface area (Å²) in [5.41, 5.74) is 1.60. The molecule has 0 aliphatic carbocycles. The molecule has 1 saturated heterocycles. The first-order valence-electron chi connectivity index (χ1n) is 10.0. The first kappa shape index (κ1) is 23.6. The fourth-order valence-electron chi connectivity index (χ4n) is 3.21. The van der Waals surface area contributed by atoms with Crippen molar-refractivity contribution < 1.29 is 28.3 Å². The number of carbonyl (C=O) groups is 3. The van der Waals surface area contributed by atoms with Crippen LogP contribution >= 0.6 is 27.5 Å². The number of nitrogens with one attached hydrogen (secondary N) is 1. The Balaban J connectivity index is 1.52. The number of furan rings is 1. The second kappa shape index (κ2) is 10.1. The summed E-state index contributed by atoms with van der Waals surface area (Å²) in [7, 11) is 1.23. The van der Waals surface area contributed by atoms with Gasteiger partial charge in [0.15, 0.2) is 0 Å². The Bertz CT molecular complexity index is 1280. The number of carbonyl (C=O) groups excluding carboxylic acids is 3. The number of urea groups is 1. The van der Waals surface area contributed by atoms with Gasteiger partial charge in [0.2, 0.25) is 5.76 Å². The molecule has 0 spiro atoms. The second-order valence-electron chi connectivity index (χ2n) is 7.23. The van der Waals surface area contributed by atoms with E-state index in [0.29, 0.717) is 22.9 Å². The predicted molar refractivity (Wildman–Crippen MR) is 127 cm³/mol. The minimum absolute atomic E-state index is 0.0167. The molecule has 1 N–H and O–H groups in total. The van der Waals surface area contributed by atoms with Crippen LogP contribution in [0.25, 0.3) is 6.08 Å². The molecule has 1 aliphatic heterocycles. The van der Waals surface area contributed by atoms with Gasteiger partial charge >= 0.3 is 12.0 Å². The van der Waals surface area contributed by atoms with Crippen LogP contribution in [-0.4, -0.2) is 29.9 Å². The summed E-state index contributed by atoms with van der Waals surface area (Å²) < 4.78 is 16.7. The highest BCUT2D eigenvalue weighted by Gasteiger charge is 2.34. The summed E-state index contributed by atoms with van der Waals surface area (Å²) in [5.74, 6) is -0.411. The maximum Gasteiger partial charge on any atom is 0.373 e. The molecule has 1 fully saturated rings. The minimum atomic E-state index is -0.648. The number of benzene rings is 2. The lowest BCUT2D eigenvalue weighted by molar-refractivity contribution is -0.123. The Morgan fingerprint density at radius 2 is 1.91 bits per heavy atom. The molecular weight excluding hydrogens is 528 g/mol. The minimum Gasteiger partial charge on any atom is -0.488 e. The molecule has 0 bridgehead atoms. The summed E-state index contributed by atoms with van der Waals surface area (Å²) in [4.78, 5) is 37.9. The van der Waals surface area contributed by atoms with Crippen LogP contribution < -0.4 is 10.1 Å². The lowest BCUT2D eigenvalue weighted by Gasteiger charge is -2.11. The van der Waals surface area contributed by atoms with Crippen molar-refractivity contribution in [3.05, 3.63) is 92.4 Å². The van der Waals surface area contributed by atoms with Gasteiger partial charge < -0.3 is 19.2 Å². The Labute approximate surface area is 208 Å². The Kier molecular flexibility index (Phi) is 7.04. The zero-order chi connectivity index (χ0) is 24.2. The van der Waals surface area contributed by atoms with Gasteiger partial charge in [0.25, 0.3) is 5.91 Å². The molecule has 34 heavy (non-hydrogen) atoms. The van der Waals surface area contributed by atoms with Crippen molar-refractivity contribution in [1.82, 2.24) is 10.2 Å². The third-order valence-corrected chi connectivity index (χ3v) is 5.65. The number of amides is 3. The molecule has 1 aromatic heterocycles. The number of halogens is 2. The van der Waals surface area contributed by atoms with Crippen molar-refractivity contribution in [2.24, 2.45) is 0 Å². The lowest BCUT2D eigenvalue weighted by Crippen LogP contribution is -2.30. The SMILES string of the molecule is COC(=O)c1ccc(CN2C(=O)N/C(=C\c3cc(Br)ccc3OCc3ccc(Cl)cc3)C2=O)o1. The molecule has 1 aliphatic rings. The van der Waals surface area contributed by atoms with Gasteiger partial charge in [-0.15, -0.1) is 0 Å². The number of ether oxygens (including phenoxy) is 2. The molecule has 0 saturated carbocycles. The Morgan fingerprint density at radius 1 is 1.15 bits per heavy atom. The van der Waals surface area contributed by atoms with Gasteiger partial charge in [-0.2, -0.15) is 0 Å². The number of rotatable bonds is 7. The molecule has 0 unspecified atom stereocenters. The molecule has 2 aromatic carbocycles. The predicted octanol–water partition coefficient (Wildman–Crippen LogP) is 5.15. The number of methoxy groups -OCH3 is 1. The highest BCUT2D eigenvalue weighted by molar-refractivity contribution is 9.10. The van der Waals surface area contributed by atoms with E-state index in [1.165, 1.54) is 19.2 Å². The van der Waals surface area contributed by atoms with Gasteiger partial charge in [-0.05, 0) is 54.1 Å². The number of imide groups is 1.